The van der Waals surface area contributed by atoms with E-state index in [1.165, 1.54) is 6.92 Å². The normalized spacial score (nSPS) is 25.0. The summed E-state index contributed by atoms with van der Waals surface area (Å²) < 4.78 is 33.8. The van der Waals surface area contributed by atoms with Gasteiger partial charge in [-0.25, -0.2) is 9.59 Å². The van der Waals surface area contributed by atoms with E-state index in [9.17, 15) is 29.1 Å². The predicted molar refractivity (Wildman–Crippen MR) is 189 cm³/mol. The lowest BCUT2D eigenvalue weighted by Gasteiger charge is -2.61. The molecule has 53 heavy (non-hydrogen) atoms. The molecule has 6 atom stereocenters. The van der Waals surface area contributed by atoms with Crippen molar-refractivity contribution in [1.82, 2.24) is 15.5 Å². The van der Waals surface area contributed by atoms with E-state index in [2.05, 4.69) is 15.5 Å². The lowest BCUT2D eigenvalue weighted by atomic mass is 9.50. The summed E-state index contributed by atoms with van der Waals surface area (Å²) in [4.78, 5) is 65.9. The maximum Gasteiger partial charge on any atom is 0.408 e. The number of methoxy groups -OCH3 is 1. The Hall–Kier alpha value is -4.37. The molecular formula is C38H53N3O12. The number of ether oxygens (including phenoxy) is 6. The Balaban J connectivity index is 1.17. The van der Waals surface area contributed by atoms with Crippen LogP contribution < -0.4 is 20.1 Å². The van der Waals surface area contributed by atoms with E-state index in [4.69, 9.17) is 28.4 Å². The standard InChI is InChI=1S/C38H53N3O12/c1-8-9-20-49-28(42)13-11-24(40-35(46)53-36(3,4)5)33(44)39-18-15-29(43)50-22(2)34(45)51-26-14-16-38(47)27-21-23-10-12-25(48-7)31-30(23)37(38,32(26)52-31)17-19-41(27)6/h10,12,14,22,24,27,32,47H,8-9,11,13,15-21H2,1-7H3,(H,39,44)(H,40,46)/t22-,24-,27+,32-,37-,38+/m0/s1. The number of likely N-dealkylation sites (N-methyl/N-ethyl adjacent to an activating group) is 1. The molecule has 0 aromatic heterocycles. The molecule has 1 saturated heterocycles. The van der Waals surface area contributed by atoms with Crippen LogP contribution in [0.15, 0.2) is 24.0 Å². The molecule has 2 amide bonds. The minimum absolute atomic E-state index is 0.0564. The number of benzene rings is 1. The second-order valence-corrected chi connectivity index (χ2v) is 15.2. The van der Waals surface area contributed by atoms with Crippen molar-refractivity contribution in [3.63, 3.8) is 0 Å². The first-order valence-corrected chi connectivity index (χ1v) is 18.4. The van der Waals surface area contributed by atoms with Gasteiger partial charge < -0.3 is 49.1 Å². The fraction of sp³-hybridized carbons (Fsp3) is 0.658. The van der Waals surface area contributed by atoms with Gasteiger partial charge in [-0.05, 0) is 84.7 Å². The summed E-state index contributed by atoms with van der Waals surface area (Å²) in [7, 11) is 3.56. The van der Waals surface area contributed by atoms with Crippen LogP contribution in [-0.4, -0.2) is 109 Å². The van der Waals surface area contributed by atoms with Gasteiger partial charge >= 0.3 is 24.0 Å². The third-order valence-electron chi connectivity index (χ3n) is 10.5. The highest BCUT2D eigenvalue weighted by atomic mass is 16.6. The molecule has 15 heteroatoms. The number of aliphatic hydroxyl groups is 1. The van der Waals surface area contributed by atoms with Crippen molar-refractivity contribution >= 4 is 29.9 Å². The van der Waals surface area contributed by atoms with Gasteiger partial charge in [-0.2, -0.15) is 0 Å². The average Bonchev–Trinajstić information content (AvgIpc) is 3.44. The van der Waals surface area contributed by atoms with Crippen LogP contribution in [0.25, 0.3) is 0 Å². The topological polar surface area (TPSA) is 188 Å². The maximum atomic E-state index is 13.3. The molecule has 1 fully saturated rings. The van der Waals surface area contributed by atoms with Crippen LogP contribution in [0.4, 0.5) is 4.79 Å². The van der Waals surface area contributed by atoms with Crippen molar-refractivity contribution in [1.29, 1.82) is 0 Å². The zero-order valence-electron chi connectivity index (χ0n) is 31.7. The van der Waals surface area contributed by atoms with Gasteiger partial charge in [0.2, 0.25) is 5.91 Å². The first-order valence-electron chi connectivity index (χ1n) is 18.4. The molecule has 5 rings (SSSR count). The van der Waals surface area contributed by atoms with Gasteiger partial charge in [-0.1, -0.05) is 19.4 Å². The Labute approximate surface area is 310 Å². The van der Waals surface area contributed by atoms with Crippen molar-refractivity contribution in [3.05, 3.63) is 35.1 Å². The Morgan fingerprint density at radius 1 is 1.13 bits per heavy atom. The van der Waals surface area contributed by atoms with Crippen molar-refractivity contribution in [2.45, 2.75) is 127 Å². The maximum absolute atomic E-state index is 13.3. The molecule has 292 valence electrons. The molecule has 0 saturated carbocycles. The number of piperidine rings is 1. The zero-order valence-corrected chi connectivity index (χ0v) is 31.7. The summed E-state index contributed by atoms with van der Waals surface area (Å²) in [6, 6.07) is 2.55. The average molecular weight is 744 g/mol. The van der Waals surface area contributed by atoms with Crippen molar-refractivity contribution in [2.24, 2.45) is 0 Å². The van der Waals surface area contributed by atoms with E-state index < -0.39 is 64.8 Å². The highest BCUT2D eigenvalue weighted by Gasteiger charge is 2.72. The van der Waals surface area contributed by atoms with Gasteiger partial charge in [0.1, 0.15) is 17.4 Å². The van der Waals surface area contributed by atoms with Crippen LogP contribution in [0.1, 0.15) is 90.7 Å². The number of amides is 2. The largest absolute Gasteiger partial charge is 0.493 e. The Morgan fingerprint density at radius 3 is 2.58 bits per heavy atom. The van der Waals surface area contributed by atoms with E-state index in [0.717, 1.165) is 17.5 Å². The van der Waals surface area contributed by atoms with Crippen LogP contribution in [-0.2, 0) is 50.0 Å². The number of carbonyl (C=O) groups excluding carboxylic acids is 5. The molecule has 2 heterocycles. The summed E-state index contributed by atoms with van der Waals surface area (Å²) >= 11 is 0. The molecule has 15 nitrogen and oxygen atoms in total. The molecule has 0 radical (unpaired) electrons. The number of rotatable bonds is 15. The molecule has 1 spiro atoms. The fourth-order valence-corrected chi connectivity index (χ4v) is 7.89. The third-order valence-corrected chi connectivity index (χ3v) is 10.5. The van der Waals surface area contributed by atoms with Gasteiger partial charge in [0.05, 0.1) is 31.2 Å². The molecule has 4 aliphatic rings. The molecule has 3 N–H and O–H groups in total. The second-order valence-electron chi connectivity index (χ2n) is 15.2. The number of nitrogens with one attached hydrogen (secondary N) is 2. The number of carbonyl (C=O) groups is 5. The highest BCUT2D eigenvalue weighted by Crippen LogP contribution is 2.65. The Morgan fingerprint density at radius 2 is 1.89 bits per heavy atom. The lowest BCUT2D eigenvalue weighted by molar-refractivity contribution is -0.175. The van der Waals surface area contributed by atoms with Crippen molar-refractivity contribution in [3.8, 4) is 11.5 Å². The van der Waals surface area contributed by atoms with Crippen LogP contribution in [0, 0.1) is 0 Å². The number of nitrogens with zero attached hydrogens (tertiary/aromatic N) is 1. The summed E-state index contributed by atoms with van der Waals surface area (Å²) in [5, 5.41) is 17.4. The number of likely N-dealkylation sites (tertiary alicyclic amines) is 1. The number of alkyl carbamates (subject to hydrolysis) is 1. The Bertz CT molecular complexity index is 1620. The van der Waals surface area contributed by atoms with Crippen LogP contribution >= 0.6 is 0 Å². The highest BCUT2D eigenvalue weighted by molar-refractivity contribution is 5.87. The molecule has 2 aliphatic heterocycles. The zero-order chi connectivity index (χ0) is 38.7. The summed E-state index contributed by atoms with van der Waals surface area (Å²) in [5.41, 5.74) is -0.904. The minimum atomic E-state index is -1.30. The fourth-order valence-electron chi connectivity index (χ4n) is 7.89. The number of hydrogen-bond donors (Lipinski definition) is 3. The molecule has 1 aromatic carbocycles. The first-order chi connectivity index (χ1) is 25.0. The number of esters is 3. The number of hydrogen-bond acceptors (Lipinski definition) is 13. The number of unbranched alkanes of at least 4 members (excludes halogenated alkanes) is 1. The molecule has 2 bridgehead atoms. The van der Waals surface area contributed by atoms with Gasteiger partial charge in [0, 0.05) is 31.0 Å². The van der Waals surface area contributed by atoms with Crippen molar-refractivity contribution < 1.29 is 57.5 Å². The third kappa shape index (κ3) is 8.10. The van der Waals surface area contributed by atoms with E-state index in [1.54, 1.807) is 34.0 Å². The van der Waals surface area contributed by atoms with Gasteiger partial charge in [-0.15, -0.1) is 0 Å². The predicted octanol–water partition coefficient (Wildman–Crippen LogP) is 2.97. The van der Waals surface area contributed by atoms with E-state index in [1.807, 2.05) is 26.1 Å². The van der Waals surface area contributed by atoms with Crippen LogP contribution in [0.2, 0.25) is 0 Å². The quantitative estimate of drug-likeness (QED) is 0.135. The van der Waals surface area contributed by atoms with Gasteiger partial charge in [-0.3, -0.25) is 14.4 Å². The second kappa shape index (κ2) is 15.9. The molecule has 2 aliphatic carbocycles. The van der Waals surface area contributed by atoms with E-state index >= 15 is 0 Å². The molecular weight excluding hydrogens is 690 g/mol. The van der Waals surface area contributed by atoms with Crippen molar-refractivity contribution in [2.75, 3.05) is 33.9 Å². The monoisotopic (exact) mass is 743 g/mol. The first kappa shape index (κ1) is 39.8. The lowest BCUT2D eigenvalue weighted by Crippen LogP contribution is -2.74. The summed E-state index contributed by atoms with van der Waals surface area (Å²) in [5.74, 6) is -1.44. The van der Waals surface area contributed by atoms with Crippen LogP contribution in [0.5, 0.6) is 11.5 Å². The summed E-state index contributed by atoms with van der Waals surface area (Å²) in [6.07, 6.45) is 1.27. The SMILES string of the molecule is CCCCOC(=O)CC[C@H](NC(=O)OC(C)(C)C)C(=O)NCCC(=O)O[C@@H](C)C(=O)OC1=CC[C@@]2(O)[C@H]3Cc4ccc(OC)c5c4[C@@]2(CCN3C)[C@H]1O5. The molecule has 1 aromatic rings. The van der Waals surface area contributed by atoms with Gasteiger partial charge in [0.25, 0.3) is 0 Å². The minimum Gasteiger partial charge on any atom is -0.493 e. The van der Waals surface area contributed by atoms with E-state index in [0.29, 0.717) is 37.3 Å². The summed E-state index contributed by atoms with van der Waals surface area (Å²) in [6.45, 7) is 9.17. The Kier molecular flexibility index (Phi) is 12.0. The van der Waals surface area contributed by atoms with Crippen LogP contribution in [0.3, 0.4) is 0 Å². The van der Waals surface area contributed by atoms with E-state index in [-0.39, 0.29) is 50.6 Å². The molecule has 0 unspecified atom stereocenters. The smallest absolute Gasteiger partial charge is 0.408 e. The van der Waals surface area contributed by atoms with Gasteiger partial charge in [0.15, 0.2) is 23.7 Å².